The highest BCUT2D eigenvalue weighted by Crippen LogP contribution is 2.21. The third-order valence-electron chi connectivity index (χ3n) is 3.80. The second kappa shape index (κ2) is 11.5. The van der Waals surface area contributed by atoms with Crippen LogP contribution in [0, 0.1) is 6.92 Å². The predicted octanol–water partition coefficient (Wildman–Crippen LogP) is 3.25. The lowest BCUT2D eigenvalue weighted by Crippen LogP contribution is -2.41. The summed E-state index contributed by atoms with van der Waals surface area (Å²) in [6.45, 7) is 9.92. The van der Waals surface area contributed by atoms with Gasteiger partial charge in [0.05, 0.1) is 19.3 Å². The van der Waals surface area contributed by atoms with Gasteiger partial charge in [0.25, 0.3) is 0 Å². The lowest BCUT2D eigenvalue weighted by Gasteiger charge is -2.15. The van der Waals surface area contributed by atoms with Crippen LogP contribution in [0.4, 0.5) is 0 Å². The molecule has 6 heteroatoms. The van der Waals surface area contributed by atoms with Gasteiger partial charge in [0.15, 0.2) is 5.96 Å². The van der Waals surface area contributed by atoms with Gasteiger partial charge in [-0.1, -0.05) is 12.1 Å². The molecule has 1 fully saturated rings. The second-order valence-corrected chi connectivity index (χ2v) is 5.76. The molecule has 1 aliphatic heterocycles. The molecule has 24 heavy (non-hydrogen) atoms. The Morgan fingerprint density at radius 1 is 1.33 bits per heavy atom. The molecule has 1 aliphatic rings. The van der Waals surface area contributed by atoms with E-state index >= 15 is 0 Å². The molecule has 136 valence electrons. The number of aryl methyl sites for hydroxylation is 1. The molecule has 0 radical (unpaired) electrons. The van der Waals surface area contributed by atoms with Crippen molar-refractivity contribution in [3.63, 3.8) is 0 Å². The quantitative estimate of drug-likeness (QED) is 0.383. The van der Waals surface area contributed by atoms with Crippen molar-refractivity contribution >= 4 is 29.9 Å². The van der Waals surface area contributed by atoms with E-state index in [4.69, 9.17) is 9.47 Å². The molecule has 2 rings (SSSR count). The maximum Gasteiger partial charge on any atom is 0.191 e. The smallest absolute Gasteiger partial charge is 0.191 e. The first kappa shape index (κ1) is 21.0. The second-order valence-electron chi connectivity index (χ2n) is 5.76. The molecule has 1 saturated heterocycles. The van der Waals surface area contributed by atoms with E-state index in [1.165, 1.54) is 5.56 Å². The molecule has 1 atom stereocenters. The maximum atomic E-state index is 5.72. The number of nitrogens with zero attached hydrogens (tertiary/aromatic N) is 1. The minimum Gasteiger partial charge on any atom is -0.494 e. The van der Waals surface area contributed by atoms with Crippen LogP contribution in [0.5, 0.6) is 5.75 Å². The summed E-state index contributed by atoms with van der Waals surface area (Å²) in [7, 11) is 0. The van der Waals surface area contributed by atoms with Gasteiger partial charge in [0, 0.05) is 25.3 Å². The summed E-state index contributed by atoms with van der Waals surface area (Å²) < 4.78 is 11.4. The molecule has 1 aromatic rings. The lowest BCUT2D eigenvalue weighted by atomic mass is 10.1. The molecule has 0 bridgehead atoms. The number of hydrogen-bond donors (Lipinski definition) is 2. The van der Waals surface area contributed by atoms with Crippen LogP contribution in [0.1, 0.15) is 37.8 Å². The average molecular weight is 447 g/mol. The Labute approximate surface area is 162 Å². The number of halogens is 1. The van der Waals surface area contributed by atoms with Gasteiger partial charge in [-0.2, -0.15) is 0 Å². The Morgan fingerprint density at radius 2 is 2.17 bits per heavy atom. The first-order valence-corrected chi connectivity index (χ1v) is 8.59. The number of hydrogen-bond acceptors (Lipinski definition) is 3. The van der Waals surface area contributed by atoms with E-state index in [1.54, 1.807) is 0 Å². The molecule has 1 heterocycles. The van der Waals surface area contributed by atoms with Crippen molar-refractivity contribution in [2.75, 3.05) is 26.3 Å². The van der Waals surface area contributed by atoms with Crippen molar-refractivity contribution in [3.8, 4) is 5.75 Å². The summed E-state index contributed by atoms with van der Waals surface area (Å²) in [5, 5.41) is 6.65. The maximum absolute atomic E-state index is 5.72. The van der Waals surface area contributed by atoms with Gasteiger partial charge in [-0.15, -0.1) is 24.0 Å². The van der Waals surface area contributed by atoms with Gasteiger partial charge in [-0.05, 0) is 45.2 Å². The first-order chi connectivity index (χ1) is 11.2. The van der Waals surface area contributed by atoms with Crippen molar-refractivity contribution in [2.45, 2.75) is 46.3 Å². The summed E-state index contributed by atoms with van der Waals surface area (Å²) >= 11 is 0. The number of guanidine groups is 1. The van der Waals surface area contributed by atoms with E-state index in [0.29, 0.717) is 19.3 Å². The Bertz CT molecular complexity index is 517. The van der Waals surface area contributed by atoms with Crippen molar-refractivity contribution in [1.82, 2.24) is 10.6 Å². The molecule has 0 aromatic heterocycles. The number of aliphatic imine (C=N–C) groups is 1. The van der Waals surface area contributed by atoms with Crippen molar-refractivity contribution in [1.29, 1.82) is 0 Å². The van der Waals surface area contributed by atoms with E-state index in [0.717, 1.165) is 49.8 Å². The Hall–Kier alpha value is -1.02. The average Bonchev–Trinajstić information content (AvgIpc) is 3.05. The fourth-order valence-corrected chi connectivity index (χ4v) is 2.60. The number of ether oxygens (including phenoxy) is 2. The van der Waals surface area contributed by atoms with Gasteiger partial charge in [-0.3, -0.25) is 0 Å². The first-order valence-electron chi connectivity index (χ1n) is 8.59. The fourth-order valence-electron chi connectivity index (χ4n) is 2.60. The van der Waals surface area contributed by atoms with Crippen LogP contribution in [-0.4, -0.2) is 38.4 Å². The van der Waals surface area contributed by atoms with Gasteiger partial charge >= 0.3 is 0 Å². The monoisotopic (exact) mass is 447 g/mol. The summed E-state index contributed by atoms with van der Waals surface area (Å²) in [6.07, 6.45) is 2.58. The normalized spacial score (nSPS) is 17.3. The zero-order valence-electron chi connectivity index (χ0n) is 14.9. The van der Waals surface area contributed by atoms with Crippen LogP contribution in [0.25, 0.3) is 0 Å². The molecular weight excluding hydrogens is 417 g/mol. The topological polar surface area (TPSA) is 54.9 Å². The standard InChI is InChI=1S/C18H29N3O2.HI/c1-4-19-18(21-13-16-7-6-10-23-16)20-12-15-9-8-14(3)11-17(15)22-5-2;/h8-9,11,16H,4-7,10,12-13H2,1-3H3,(H2,19,20,21);1H. The third kappa shape index (κ3) is 6.84. The van der Waals surface area contributed by atoms with Crippen LogP contribution in [0.3, 0.4) is 0 Å². The molecule has 0 saturated carbocycles. The van der Waals surface area contributed by atoms with Crippen molar-refractivity contribution < 1.29 is 9.47 Å². The molecule has 1 unspecified atom stereocenters. The summed E-state index contributed by atoms with van der Waals surface area (Å²) in [5.41, 5.74) is 2.30. The van der Waals surface area contributed by atoms with Crippen LogP contribution in [0.2, 0.25) is 0 Å². The number of benzene rings is 1. The van der Waals surface area contributed by atoms with Gasteiger partial charge in [0.1, 0.15) is 5.75 Å². The molecule has 1 aromatic carbocycles. The molecule has 5 nitrogen and oxygen atoms in total. The summed E-state index contributed by atoms with van der Waals surface area (Å²) in [4.78, 5) is 4.68. The largest absolute Gasteiger partial charge is 0.494 e. The van der Waals surface area contributed by atoms with E-state index in [-0.39, 0.29) is 24.0 Å². The molecule has 2 N–H and O–H groups in total. The molecular formula is C18H30IN3O2. The number of nitrogens with one attached hydrogen (secondary N) is 2. The van der Waals surface area contributed by atoms with Crippen molar-refractivity contribution in [3.05, 3.63) is 29.3 Å². The van der Waals surface area contributed by atoms with Gasteiger partial charge in [0.2, 0.25) is 0 Å². The SMILES string of the molecule is CCNC(=NCc1ccc(C)cc1OCC)NCC1CCCO1.I. The highest BCUT2D eigenvalue weighted by atomic mass is 127. The fraction of sp³-hybridized carbons (Fsp3) is 0.611. The summed E-state index contributed by atoms with van der Waals surface area (Å²) in [5.74, 6) is 1.75. The minimum absolute atomic E-state index is 0. The van der Waals surface area contributed by atoms with Gasteiger partial charge < -0.3 is 20.1 Å². The van der Waals surface area contributed by atoms with Crippen LogP contribution < -0.4 is 15.4 Å². The van der Waals surface area contributed by atoms with E-state index in [9.17, 15) is 0 Å². The van der Waals surface area contributed by atoms with E-state index in [2.05, 4.69) is 47.7 Å². The van der Waals surface area contributed by atoms with E-state index < -0.39 is 0 Å². The van der Waals surface area contributed by atoms with E-state index in [1.807, 2.05) is 6.92 Å². The van der Waals surface area contributed by atoms with Crippen LogP contribution in [-0.2, 0) is 11.3 Å². The predicted molar refractivity (Wildman–Crippen MR) is 110 cm³/mol. The molecule has 0 amide bonds. The Kier molecular flexibility index (Phi) is 10.1. The zero-order chi connectivity index (χ0) is 16.5. The van der Waals surface area contributed by atoms with Crippen molar-refractivity contribution in [2.24, 2.45) is 4.99 Å². The lowest BCUT2D eigenvalue weighted by molar-refractivity contribution is 0.114. The zero-order valence-corrected chi connectivity index (χ0v) is 17.3. The number of rotatable bonds is 7. The minimum atomic E-state index is 0. The third-order valence-corrected chi connectivity index (χ3v) is 3.80. The Morgan fingerprint density at radius 3 is 2.83 bits per heavy atom. The summed E-state index contributed by atoms with van der Waals surface area (Å²) in [6, 6.07) is 6.26. The highest BCUT2D eigenvalue weighted by Gasteiger charge is 2.15. The molecule has 0 spiro atoms. The van der Waals surface area contributed by atoms with Crippen LogP contribution in [0.15, 0.2) is 23.2 Å². The highest BCUT2D eigenvalue weighted by molar-refractivity contribution is 14.0. The van der Waals surface area contributed by atoms with Crippen LogP contribution >= 0.6 is 24.0 Å². The molecule has 0 aliphatic carbocycles. The Balaban J connectivity index is 0.00000288. The van der Waals surface area contributed by atoms with Gasteiger partial charge in [-0.25, -0.2) is 4.99 Å².